The summed E-state index contributed by atoms with van der Waals surface area (Å²) in [4.78, 5) is 12.4. The Hall–Kier alpha value is -1.40. The molecule has 0 spiro atoms. The van der Waals surface area contributed by atoms with Crippen molar-refractivity contribution in [3.63, 3.8) is 0 Å². The first-order chi connectivity index (χ1) is 9.85. The summed E-state index contributed by atoms with van der Waals surface area (Å²) in [5.41, 5.74) is 1.19. The number of carbonyl (C=O) groups is 1. The van der Waals surface area contributed by atoms with Crippen LogP contribution in [0.4, 0.5) is 0 Å². The van der Waals surface area contributed by atoms with Crippen molar-refractivity contribution in [3.05, 3.63) is 29.3 Å². The summed E-state index contributed by atoms with van der Waals surface area (Å²) < 4.78 is 26.5. The van der Waals surface area contributed by atoms with Gasteiger partial charge in [0, 0.05) is 18.2 Å². The molecule has 1 aromatic carbocycles. The summed E-state index contributed by atoms with van der Waals surface area (Å²) >= 11 is 0. The van der Waals surface area contributed by atoms with Crippen LogP contribution in [0.25, 0.3) is 0 Å². The first-order valence-electron chi connectivity index (χ1n) is 7.26. The maximum atomic E-state index is 12.3. The number of benzene rings is 1. The van der Waals surface area contributed by atoms with Crippen LogP contribution in [0.5, 0.6) is 0 Å². The molecule has 1 unspecified atom stereocenters. The fourth-order valence-corrected chi connectivity index (χ4v) is 3.35. The van der Waals surface area contributed by atoms with Crippen molar-refractivity contribution in [1.29, 1.82) is 0 Å². The minimum absolute atomic E-state index is 0.124. The number of amides is 1. The minimum Gasteiger partial charge on any atom is -0.349 e. The molecule has 0 aliphatic heterocycles. The summed E-state index contributed by atoms with van der Waals surface area (Å²) in [6.07, 6.45) is 2.30. The van der Waals surface area contributed by atoms with E-state index < -0.39 is 10.0 Å². The van der Waals surface area contributed by atoms with Crippen molar-refractivity contribution in [2.45, 2.75) is 44.6 Å². The number of rotatable bonds is 6. The molecule has 21 heavy (non-hydrogen) atoms. The molecule has 5 nitrogen and oxygen atoms in total. The average molecular weight is 310 g/mol. The zero-order valence-corrected chi connectivity index (χ0v) is 13.5. The van der Waals surface area contributed by atoms with Crippen LogP contribution in [0, 0.1) is 12.8 Å². The van der Waals surface area contributed by atoms with Gasteiger partial charge in [0.25, 0.3) is 5.91 Å². The third kappa shape index (κ3) is 3.83. The molecule has 0 radical (unpaired) electrons. The van der Waals surface area contributed by atoms with Crippen molar-refractivity contribution < 1.29 is 13.2 Å². The first-order valence-corrected chi connectivity index (χ1v) is 8.74. The summed E-state index contributed by atoms with van der Waals surface area (Å²) in [6, 6.07) is 4.77. The molecule has 6 heteroatoms. The Morgan fingerprint density at radius 1 is 1.38 bits per heavy atom. The van der Waals surface area contributed by atoms with E-state index in [-0.39, 0.29) is 16.8 Å². The number of hydrogen-bond donors (Lipinski definition) is 2. The molecule has 2 N–H and O–H groups in total. The first kappa shape index (κ1) is 16.0. The number of nitrogens with one attached hydrogen (secondary N) is 2. The van der Waals surface area contributed by atoms with Gasteiger partial charge in [-0.05, 0) is 50.3 Å². The molecule has 1 fully saturated rings. The summed E-state index contributed by atoms with van der Waals surface area (Å²) in [5, 5.41) is 2.96. The molecule has 1 atom stereocenters. The summed E-state index contributed by atoms with van der Waals surface area (Å²) in [7, 11) is -3.55. The second kappa shape index (κ2) is 6.15. The third-order valence-electron chi connectivity index (χ3n) is 3.79. The van der Waals surface area contributed by atoms with Crippen molar-refractivity contribution >= 4 is 15.9 Å². The van der Waals surface area contributed by atoms with Crippen LogP contribution in [0.2, 0.25) is 0 Å². The van der Waals surface area contributed by atoms with Gasteiger partial charge in [0.1, 0.15) is 0 Å². The van der Waals surface area contributed by atoms with Gasteiger partial charge in [-0.3, -0.25) is 4.79 Å². The highest BCUT2D eigenvalue weighted by Gasteiger charge is 2.29. The standard InChI is InChI=1S/C15H22N2O3S/c1-4-16-21(19,20)13-8-5-10(2)14(9-13)15(18)17-11(3)12-6-7-12/h5,8-9,11-12,16H,4,6-7H2,1-3H3,(H,17,18). The van der Waals surface area contributed by atoms with E-state index in [1.165, 1.54) is 12.1 Å². The van der Waals surface area contributed by atoms with Crippen molar-refractivity contribution in [1.82, 2.24) is 10.0 Å². The molecule has 116 valence electrons. The van der Waals surface area contributed by atoms with Crippen LogP contribution in [0.3, 0.4) is 0 Å². The maximum absolute atomic E-state index is 12.3. The highest BCUT2D eigenvalue weighted by Crippen LogP contribution is 2.32. The van der Waals surface area contributed by atoms with Gasteiger partial charge in [-0.1, -0.05) is 13.0 Å². The van der Waals surface area contributed by atoms with Crippen molar-refractivity contribution in [2.24, 2.45) is 5.92 Å². The smallest absolute Gasteiger partial charge is 0.251 e. The Labute approximate surface area is 126 Å². The van der Waals surface area contributed by atoms with Gasteiger partial charge < -0.3 is 5.32 Å². The number of carbonyl (C=O) groups excluding carboxylic acids is 1. The van der Waals surface area contributed by atoms with Crippen LogP contribution in [-0.4, -0.2) is 26.9 Å². The van der Waals surface area contributed by atoms with E-state index in [2.05, 4.69) is 10.0 Å². The molecule has 1 aromatic rings. The Morgan fingerprint density at radius 3 is 2.62 bits per heavy atom. The highest BCUT2D eigenvalue weighted by molar-refractivity contribution is 7.89. The quantitative estimate of drug-likeness (QED) is 0.841. The molecule has 1 saturated carbocycles. The molecule has 1 aliphatic carbocycles. The fourth-order valence-electron chi connectivity index (χ4n) is 2.28. The van der Waals surface area contributed by atoms with E-state index in [0.29, 0.717) is 18.0 Å². The zero-order chi connectivity index (χ0) is 15.6. The fraction of sp³-hybridized carbons (Fsp3) is 0.533. The van der Waals surface area contributed by atoms with E-state index in [1.54, 1.807) is 19.9 Å². The van der Waals surface area contributed by atoms with Crippen molar-refractivity contribution in [3.8, 4) is 0 Å². The Bertz CT molecular complexity index is 636. The predicted octanol–water partition coefficient (Wildman–Crippen LogP) is 1.82. The second-order valence-electron chi connectivity index (χ2n) is 5.58. The Balaban J connectivity index is 2.24. The number of hydrogen-bond acceptors (Lipinski definition) is 3. The van der Waals surface area contributed by atoms with Gasteiger partial charge in [0.2, 0.25) is 10.0 Å². The van der Waals surface area contributed by atoms with Crippen LogP contribution in [0.15, 0.2) is 23.1 Å². The van der Waals surface area contributed by atoms with Gasteiger partial charge in [-0.2, -0.15) is 0 Å². The van der Waals surface area contributed by atoms with E-state index in [9.17, 15) is 13.2 Å². The highest BCUT2D eigenvalue weighted by atomic mass is 32.2. The summed E-state index contributed by atoms with van der Waals surface area (Å²) in [6.45, 7) is 5.83. The molecule has 1 aliphatic rings. The lowest BCUT2D eigenvalue weighted by molar-refractivity contribution is 0.0935. The molecule has 0 heterocycles. The number of aryl methyl sites for hydroxylation is 1. The molecule has 0 aromatic heterocycles. The molecule has 0 saturated heterocycles. The predicted molar refractivity (Wildman–Crippen MR) is 81.7 cm³/mol. The Morgan fingerprint density at radius 2 is 2.05 bits per heavy atom. The molecular weight excluding hydrogens is 288 g/mol. The second-order valence-corrected chi connectivity index (χ2v) is 7.34. The van der Waals surface area contributed by atoms with Gasteiger partial charge in [-0.15, -0.1) is 0 Å². The van der Waals surface area contributed by atoms with Gasteiger partial charge in [0.05, 0.1) is 4.90 Å². The zero-order valence-electron chi connectivity index (χ0n) is 12.6. The molecule has 2 rings (SSSR count). The SMILES string of the molecule is CCNS(=O)(=O)c1ccc(C)c(C(=O)NC(C)C2CC2)c1. The average Bonchev–Trinajstić information content (AvgIpc) is 3.22. The van der Waals surface area contributed by atoms with Gasteiger partial charge >= 0.3 is 0 Å². The molecule has 1 amide bonds. The number of sulfonamides is 1. The topological polar surface area (TPSA) is 75.3 Å². The lowest BCUT2D eigenvalue weighted by Gasteiger charge is -2.15. The lowest BCUT2D eigenvalue weighted by atomic mass is 10.1. The van der Waals surface area contributed by atoms with Crippen LogP contribution in [-0.2, 0) is 10.0 Å². The van der Waals surface area contributed by atoms with E-state index in [1.807, 2.05) is 6.92 Å². The lowest BCUT2D eigenvalue weighted by Crippen LogP contribution is -2.34. The normalized spacial score (nSPS) is 16.5. The Kier molecular flexibility index (Phi) is 4.68. The van der Waals surface area contributed by atoms with Crippen LogP contribution >= 0.6 is 0 Å². The molecule has 0 bridgehead atoms. The van der Waals surface area contributed by atoms with Gasteiger partial charge in [0.15, 0.2) is 0 Å². The van der Waals surface area contributed by atoms with Crippen molar-refractivity contribution in [2.75, 3.05) is 6.54 Å². The maximum Gasteiger partial charge on any atom is 0.251 e. The van der Waals surface area contributed by atoms with E-state index in [0.717, 1.165) is 18.4 Å². The minimum atomic E-state index is -3.55. The van der Waals surface area contributed by atoms with Crippen LogP contribution < -0.4 is 10.0 Å². The molecular formula is C15H22N2O3S. The summed E-state index contributed by atoms with van der Waals surface area (Å²) in [5.74, 6) is 0.350. The van der Waals surface area contributed by atoms with Crippen LogP contribution in [0.1, 0.15) is 42.6 Å². The van der Waals surface area contributed by atoms with Gasteiger partial charge in [-0.25, -0.2) is 13.1 Å². The van der Waals surface area contributed by atoms with E-state index in [4.69, 9.17) is 0 Å². The largest absolute Gasteiger partial charge is 0.349 e. The third-order valence-corrected chi connectivity index (χ3v) is 5.33. The van der Waals surface area contributed by atoms with E-state index >= 15 is 0 Å². The monoisotopic (exact) mass is 310 g/mol.